The molecule has 2 N–H and O–H groups in total. The molecule has 0 aromatic heterocycles. The summed E-state index contributed by atoms with van der Waals surface area (Å²) >= 11 is 0. The molecule has 1 unspecified atom stereocenters. The molecule has 7 heteroatoms. The highest BCUT2D eigenvalue weighted by atomic mass is 19.4. The van der Waals surface area contributed by atoms with Gasteiger partial charge in [0.1, 0.15) is 5.75 Å². The predicted molar refractivity (Wildman–Crippen MR) is 81.5 cm³/mol. The van der Waals surface area contributed by atoms with E-state index >= 15 is 0 Å². The minimum Gasteiger partial charge on any atom is -0.491 e. The van der Waals surface area contributed by atoms with E-state index < -0.39 is 11.7 Å². The van der Waals surface area contributed by atoms with Crippen LogP contribution < -0.4 is 15.4 Å². The van der Waals surface area contributed by atoms with Crippen molar-refractivity contribution in [1.29, 1.82) is 0 Å². The Balaban J connectivity index is 2.13. The van der Waals surface area contributed by atoms with Crippen LogP contribution in [0.3, 0.4) is 0 Å². The van der Waals surface area contributed by atoms with Gasteiger partial charge in [0.05, 0.1) is 17.9 Å². The van der Waals surface area contributed by atoms with Crippen LogP contribution in [0.4, 0.5) is 18.9 Å². The van der Waals surface area contributed by atoms with Gasteiger partial charge >= 0.3 is 6.18 Å². The van der Waals surface area contributed by atoms with Crippen LogP contribution in [-0.2, 0) is 11.0 Å². The van der Waals surface area contributed by atoms with Crippen molar-refractivity contribution in [3.8, 4) is 5.75 Å². The number of benzene rings is 1. The standard InChI is InChI=1S/C16H21F3N2O2/c1-2-8-23-14-6-5-11(16(17,18)19)9-13(14)21-15(22)10-12-4-3-7-20-12/h5-6,9,12,20H,2-4,7-8,10H2,1H3,(H,21,22). The molecule has 1 aliphatic heterocycles. The van der Waals surface area contributed by atoms with E-state index in [1.54, 1.807) is 0 Å². The number of halogens is 3. The molecule has 1 amide bonds. The molecule has 1 heterocycles. The molecule has 1 saturated heterocycles. The van der Waals surface area contributed by atoms with Gasteiger partial charge in [-0.2, -0.15) is 13.2 Å². The van der Waals surface area contributed by atoms with E-state index in [4.69, 9.17) is 4.74 Å². The van der Waals surface area contributed by atoms with Gasteiger partial charge in [-0.15, -0.1) is 0 Å². The van der Waals surface area contributed by atoms with Gasteiger partial charge in [0, 0.05) is 12.5 Å². The quantitative estimate of drug-likeness (QED) is 0.838. The molecule has 128 valence electrons. The van der Waals surface area contributed by atoms with Crippen molar-refractivity contribution >= 4 is 11.6 Å². The van der Waals surface area contributed by atoms with Crippen LogP contribution in [0.2, 0.25) is 0 Å². The molecule has 4 nitrogen and oxygen atoms in total. The minimum atomic E-state index is -4.46. The normalized spacial score (nSPS) is 18.0. The van der Waals surface area contributed by atoms with Crippen LogP contribution in [0.25, 0.3) is 0 Å². The van der Waals surface area contributed by atoms with Crippen molar-refractivity contribution in [3.63, 3.8) is 0 Å². The third kappa shape index (κ3) is 5.13. The van der Waals surface area contributed by atoms with Crippen LogP contribution in [0.1, 0.15) is 38.2 Å². The van der Waals surface area contributed by atoms with Gasteiger partial charge in [0.25, 0.3) is 0 Å². The van der Waals surface area contributed by atoms with Crippen molar-refractivity contribution < 1.29 is 22.7 Å². The lowest BCUT2D eigenvalue weighted by Crippen LogP contribution is -2.27. The van der Waals surface area contributed by atoms with E-state index in [1.165, 1.54) is 6.07 Å². The highest BCUT2D eigenvalue weighted by molar-refractivity contribution is 5.92. The molecular formula is C16H21F3N2O2. The Morgan fingerprint density at radius 3 is 2.83 bits per heavy atom. The number of nitrogens with one attached hydrogen (secondary N) is 2. The first-order valence-electron chi connectivity index (χ1n) is 7.77. The lowest BCUT2D eigenvalue weighted by atomic mass is 10.1. The van der Waals surface area contributed by atoms with Gasteiger partial charge in [-0.3, -0.25) is 4.79 Å². The Labute approximate surface area is 133 Å². The van der Waals surface area contributed by atoms with Crippen LogP contribution in [0.15, 0.2) is 18.2 Å². The number of anilines is 1. The van der Waals surface area contributed by atoms with Gasteiger partial charge in [-0.1, -0.05) is 6.92 Å². The molecule has 1 aliphatic rings. The third-order valence-corrected chi connectivity index (χ3v) is 3.64. The summed E-state index contributed by atoms with van der Waals surface area (Å²) in [5.41, 5.74) is -0.744. The highest BCUT2D eigenvalue weighted by Gasteiger charge is 2.31. The molecular weight excluding hydrogens is 309 g/mol. The number of hydrogen-bond donors (Lipinski definition) is 2. The molecule has 0 radical (unpaired) electrons. The third-order valence-electron chi connectivity index (χ3n) is 3.64. The smallest absolute Gasteiger partial charge is 0.416 e. The number of amides is 1. The van der Waals surface area contributed by atoms with Crippen molar-refractivity contribution in [1.82, 2.24) is 5.32 Å². The molecule has 0 saturated carbocycles. The molecule has 1 aromatic rings. The Morgan fingerprint density at radius 2 is 2.22 bits per heavy atom. The Hall–Kier alpha value is -1.76. The summed E-state index contributed by atoms with van der Waals surface area (Å²) < 4.78 is 44.0. The number of carbonyl (C=O) groups excluding carboxylic acids is 1. The highest BCUT2D eigenvalue weighted by Crippen LogP contribution is 2.35. The minimum absolute atomic E-state index is 0.0660. The van der Waals surface area contributed by atoms with Crippen molar-refractivity contribution in [2.75, 3.05) is 18.5 Å². The summed E-state index contributed by atoms with van der Waals surface area (Å²) in [4.78, 5) is 12.1. The first kappa shape index (κ1) is 17.6. The zero-order valence-electron chi connectivity index (χ0n) is 13.0. The monoisotopic (exact) mass is 330 g/mol. The van der Waals surface area contributed by atoms with Crippen LogP contribution in [0, 0.1) is 0 Å². The summed E-state index contributed by atoms with van der Waals surface area (Å²) in [5, 5.41) is 5.74. The average Bonchev–Trinajstić information content (AvgIpc) is 2.97. The lowest BCUT2D eigenvalue weighted by Gasteiger charge is -2.16. The zero-order valence-corrected chi connectivity index (χ0v) is 13.0. The van der Waals surface area contributed by atoms with E-state index in [2.05, 4.69) is 10.6 Å². The molecule has 0 aliphatic carbocycles. The van der Waals surface area contributed by atoms with Crippen molar-refractivity contribution in [2.24, 2.45) is 0 Å². The van der Waals surface area contributed by atoms with Gasteiger partial charge in [-0.05, 0) is 44.0 Å². The summed E-state index contributed by atoms with van der Waals surface area (Å²) in [6.07, 6.45) is -1.60. The van der Waals surface area contributed by atoms with Crippen molar-refractivity contribution in [2.45, 2.75) is 44.8 Å². The van der Waals surface area contributed by atoms with E-state index in [9.17, 15) is 18.0 Å². The lowest BCUT2D eigenvalue weighted by molar-refractivity contribution is -0.137. The number of hydrogen-bond acceptors (Lipinski definition) is 3. The number of alkyl halides is 3. The molecule has 0 spiro atoms. The summed E-state index contributed by atoms with van der Waals surface area (Å²) in [7, 11) is 0. The fourth-order valence-corrected chi connectivity index (χ4v) is 2.50. The SMILES string of the molecule is CCCOc1ccc(C(F)(F)F)cc1NC(=O)CC1CCCN1. The number of carbonyl (C=O) groups is 1. The second-order valence-electron chi connectivity index (χ2n) is 5.60. The maximum absolute atomic E-state index is 12.9. The fourth-order valence-electron chi connectivity index (χ4n) is 2.50. The fraction of sp³-hybridized carbons (Fsp3) is 0.562. The predicted octanol–water partition coefficient (Wildman–Crippen LogP) is 3.57. The Kier molecular flexibility index (Phi) is 5.87. The summed E-state index contributed by atoms with van der Waals surface area (Å²) in [6.45, 7) is 3.14. The largest absolute Gasteiger partial charge is 0.491 e. The molecule has 23 heavy (non-hydrogen) atoms. The molecule has 1 atom stereocenters. The molecule has 1 aromatic carbocycles. The Bertz CT molecular complexity index is 541. The molecule has 0 bridgehead atoms. The molecule has 1 fully saturated rings. The maximum atomic E-state index is 12.9. The summed E-state index contributed by atoms with van der Waals surface area (Å²) in [5.74, 6) is -0.0577. The molecule has 2 rings (SSSR count). The second kappa shape index (κ2) is 7.68. The van der Waals surface area contributed by atoms with E-state index in [1.807, 2.05) is 6.92 Å². The van der Waals surface area contributed by atoms with Gasteiger partial charge in [-0.25, -0.2) is 0 Å². The van der Waals surface area contributed by atoms with Crippen molar-refractivity contribution in [3.05, 3.63) is 23.8 Å². The van der Waals surface area contributed by atoms with Crippen LogP contribution in [0.5, 0.6) is 5.75 Å². The van der Waals surface area contributed by atoms with Gasteiger partial charge < -0.3 is 15.4 Å². The Morgan fingerprint density at radius 1 is 1.43 bits per heavy atom. The maximum Gasteiger partial charge on any atom is 0.416 e. The van der Waals surface area contributed by atoms with Crippen LogP contribution in [-0.4, -0.2) is 25.1 Å². The van der Waals surface area contributed by atoms with Crippen LogP contribution >= 0.6 is 0 Å². The van der Waals surface area contributed by atoms with Gasteiger partial charge in [0.2, 0.25) is 5.91 Å². The second-order valence-corrected chi connectivity index (χ2v) is 5.60. The topological polar surface area (TPSA) is 50.4 Å². The number of ether oxygens (including phenoxy) is 1. The first-order chi connectivity index (χ1) is 10.9. The first-order valence-corrected chi connectivity index (χ1v) is 7.77. The zero-order chi connectivity index (χ0) is 16.9. The average molecular weight is 330 g/mol. The van der Waals surface area contributed by atoms with E-state index in [0.29, 0.717) is 6.61 Å². The van der Waals surface area contributed by atoms with E-state index in [0.717, 1.165) is 37.9 Å². The van der Waals surface area contributed by atoms with Gasteiger partial charge in [0.15, 0.2) is 0 Å². The summed E-state index contributed by atoms with van der Waals surface area (Å²) in [6, 6.07) is 3.22. The van der Waals surface area contributed by atoms with E-state index in [-0.39, 0.29) is 29.8 Å². The number of rotatable bonds is 6.